The zero-order chi connectivity index (χ0) is 15.6. The molecule has 7 heteroatoms. The molecule has 1 fully saturated rings. The van der Waals surface area contributed by atoms with Gasteiger partial charge in [-0.1, -0.05) is 35.2 Å². The van der Waals surface area contributed by atoms with Gasteiger partial charge in [-0.3, -0.25) is 4.79 Å². The molecule has 2 heterocycles. The first-order valence-corrected chi connectivity index (χ1v) is 8.88. The van der Waals surface area contributed by atoms with Crippen LogP contribution in [0.1, 0.15) is 18.1 Å². The number of carbonyl (C=O) groups excluding carboxylic acids is 1. The average molecular weight is 343 g/mol. The standard InChI is InChI=1S/C16H13N3O2S2/c20-15(11-8-10(11)13-5-3-7-21-13)18-12-4-1-2-6-14(12)23-16-19-17-9-22-16/h1-7,9-11H,8H2,(H,18,20)/t10-,11-/m1/s1. The molecule has 0 aliphatic heterocycles. The van der Waals surface area contributed by atoms with Crippen LogP contribution in [0.2, 0.25) is 0 Å². The molecule has 23 heavy (non-hydrogen) atoms. The smallest absolute Gasteiger partial charge is 0.228 e. The van der Waals surface area contributed by atoms with Gasteiger partial charge in [-0.2, -0.15) is 0 Å². The fourth-order valence-electron chi connectivity index (χ4n) is 2.49. The highest BCUT2D eigenvalue weighted by Gasteiger charge is 2.45. The minimum atomic E-state index is -0.0132. The third-order valence-electron chi connectivity index (χ3n) is 3.72. The van der Waals surface area contributed by atoms with Crippen molar-refractivity contribution in [3.63, 3.8) is 0 Å². The van der Waals surface area contributed by atoms with E-state index in [9.17, 15) is 4.79 Å². The molecule has 1 amide bonds. The largest absolute Gasteiger partial charge is 0.469 e. The van der Waals surface area contributed by atoms with Crippen LogP contribution in [0.4, 0.5) is 5.69 Å². The van der Waals surface area contributed by atoms with Gasteiger partial charge in [-0.25, -0.2) is 0 Å². The summed E-state index contributed by atoms with van der Waals surface area (Å²) in [4.78, 5) is 13.4. The molecule has 3 aromatic rings. The van der Waals surface area contributed by atoms with Gasteiger partial charge in [0.15, 0.2) is 4.34 Å². The second-order valence-corrected chi connectivity index (χ2v) is 7.38. The lowest BCUT2D eigenvalue weighted by molar-refractivity contribution is -0.117. The summed E-state index contributed by atoms with van der Waals surface area (Å²) in [7, 11) is 0. The fraction of sp³-hybridized carbons (Fsp3) is 0.188. The van der Waals surface area contributed by atoms with Gasteiger partial charge in [0, 0.05) is 16.7 Å². The molecule has 2 atom stereocenters. The zero-order valence-electron chi connectivity index (χ0n) is 12.0. The van der Waals surface area contributed by atoms with Crippen LogP contribution in [0.25, 0.3) is 0 Å². The molecule has 0 bridgehead atoms. The Labute approximate surface area is 141 Å². The summed E-state index contributed by atoms with van der Waals surface area (Å²) in [6, 6.07) is 11.5. The van der Waals surface area contributed by atoms with E-state index in [1.165, 1.54) is 23.1 Å². The molecular weight excluding hydrogens is 330 g/mol. The first-order chi connectivity index (χ1) is 11.3. The SMILES string of the molecule is O=C(Nc1ccccc1Sc1nncs1)[C@@H]1C[C@H]1c1ccco1. The predicted octanol–water partition coefficient (Wildman–Crippen LogP) is 4.02. The molecule has 0 spiro atoms. The van der Waals surface area contributed by atoms with Gasteiger partial charge in [0.25, 0.3) is 0 Å². The predicted molar refractivity (Wildman–Crippen MR) is 88.7 cm³/mol. The number of para-hydroxylation sites is 1. The Kier molecular flexibility index (Phi) is 3.88. The topological polar surface area (TPSA) is 68.0 Å². The number of hydrogen-bond acceptors (Lipinski definition) is 6. The van der Waals surface area contributed by atoms with Crippen LogP contribution in [0.15, 0.2) is 61.8 Å². The fourth-order valence-corrected chi connectivity index (χ4v) is 4.01. The maximum absolute atomic E-state index is 12.4. The van der Waals surface area contributed by atoms with E-state index in [0.717, 1.165) is 27.1 Å². The van der Waals surface area contributed by atoms with Gasteiger partial charge in [-0.15, -0.1) is 10.2 Å². The molecule has 1 N–H and O–H groups in total. The Morgan fingerprint density at radius 2 is 2.22 bits per heavy atom. The number of furan rings is 1. The number of anilines is 1. The Morgan fingerprint density at radius 3 is 3.00 bits per heavy atom. The summed E-state index contributed by atoms with van der Waals surface area (Å²) >= 11 is 2.98. The number of carbonyl (C=O) groups is 1. The number of aromatic nitrogens is 2. The van der Waals surface area contributed by atoms with Crippen LogP contribution in [0, 0.1) is 5.92 Å². The number of nitrogens with zero attached hydrogens (tertiary/aromatic N) is 2. The van der Waals surface area contributed by atoms with Gasteiger partial charge in [0.1, 0.15) is 11.3 Å². The molecule has 5 nitrogen and oxygen atoms in total. The summed E-state index contributed by atoms with van der Waals surface area (Å²) in [5, 5.41) is 10.9. The molecule has 0 unspecified atom stereocenters. The highest BCUT2D eigenvalue weighted by Crippen LogP contribution is 2.48. The van der Waals surface area contributed by atoms with Crippen molar-refractivity contribution in [1.82, 2.24) is 10.2 Å². The minimum Gasteiger partial charge on any atom is -0.469 e. The van der Waals surface area contributed by atoms with E-state index in [1.807, 2.05) is 36.4 Å². The van der Waals surface area contributed by atoms with Crippen LogP contribution in [-0.2, 0) is 4.79 Å². The lowest BCUT2D eigenvalue weighted by Crippen LogP contribution is -2.15. The van der Waals surface area contributed by atoms with Crippen LogP contribution in [-0.4, -0.2) is 16.1 Å². The van der Waals surface area contributed by atoms with E-state index in [0.29, 0.717) is 0 Å². The number of hydrogen-bond donors (Lipinski definition) is 1. The second kappa shape index (κ2) is 6.17. The van der Waals surface area contributed by atoms with Gasteiger partial charge in [-0.05, 0) is 30.7 Å². The Morgan fingerprint density at radius 1 is 1.30 bits per heavy atom. The van der Waals surface area contributed by atoms with Crippen molar-refractivity contribution in [3.05, 3.63) is 53.9 Å². The molecule has 4 rings (SSSR count). The Hall–Kier alpha value is -2.12. The van der Waals surface area contributed by atoms with Crippen molar-refractivity contribution in [2.24, 2.45) is 5.92 Å². The van der Waals surface area contributed by atoms with Gasteiger partial charge >= 0.3 is 0 Å². The van der Waals surface area contributed by atoms with Gasteiger partial charge in [0.05, 0.1) is 12.0 Å². The van der Waals surface area contributed by atoms with Crippen LogP contribution >= 0.6 is 23.1 Å². The third kappa shape index (κ3) is 3.16. The Bertz CT molecular complexity index is 803. The van der Waals surface area contributed by atoms with E-state index >= 15 is 0 Å². The summed E-state index contributed by atoms with van der Waals surface area (Å²) < 4.78 is 6.24. The summed E-state index contributed by atoms with van der Waals surface area (Å²) in [5.41, 5.74) is 2.50. The number of rotatable bonds is 5. The third-order valence-corrected chi connectivity index (χ3v) is 5.57. The maximum atomic E-state index is 12.4. The normalized spacial score (nSPS) is 19.5. The van der Waals surface area contributed by atoms with Crippen LogP contribution in [0.5, 0.6) is 0 Å². The lowest BCUT2D eigenvalue weighted by Gasteiger charge is -2.09. The monoisotopic (exact) mass is 343 g/mol. The first kappa shape index (κ1) is 14.5. The minimum absolute atomic E-state index is 0.0132. The zero-order valence-corrected chi connectivity index (χ0v) is 13.6. The lowest BCUT2D eigenvalue weighted by atomic mass is 10.2. The molecule has 1 aromatic carbocycles. The van der Waals surface area contributed by atoms with Gasteiger partial charge < -0.3 is 9.73 Å². The molecule has 1 aliphatic rings. The molecule has 2 aromatic heterocycles. The van der Waals surface area contributed by atoms with Crippen LogP contribution < -0.4 is 5.32 Å². The van der Waals surface area contributed by atoms with E-state index < -0.39 is 0 Å². The number of amides is 1. The molecule has 116 valence electrons. The van der Waals surface area contributed by atoms with Crippen molar-refractivity contribution in [2.75, 3.05) is 5.32 Å². The van der Waals surface area contributed by atoms with Gasteiger partial charge in [0.2, 0.25) is 5.91 Å². The summed E-state index contributed by atoms with van der Waals surface area (Å²) in [6.45, 7) is 0. The van der Waals surface area contributed by atoms with Crippen LogP contribution in [0.3, 0.4) is 0 Å². The molecular formula is C16H13N3O2S2. The van der Waals surface area contributed by atoms with Crippen molar-refractivity contribution < 1.29 is 9.21 Å². The van der Waals surface area contributed by atoms with Crippen molar-refractivity contribution in [3.8, 4) is 0 Å². The quantitative estimate of drug-likeness (QED) is 0.758. The van der Waals surface area contributed by atoms with Crippen molar-refractivity contribution in [1.29, 1.82) is 0 Å². The summed E-state index contributed by atoms with van der Waals surface area (Å²) in [6.07, 6.45) is 2.49. The second-order valence-electron chi connectivity index (χ2n) is 5.26. The van der Waals surface area contributed by atoms with E-state index in [2.05, 4.69) is 15.5 Å². The summed E-state index contributed by atoms with van der Waals surface area (Å²) in [5.74, 6) is 1.12. The van der Waals surface area contributed by atoms with E-state index in [1.54, 1.807) is 11.8 Å². The molecule has 1 saturated carbocycles. The molecule has 0 radical (unpaired) electrons. The molecule has 0 saturated heterocycles. The number of benzene rings is 1. The highest BCUT2D eigenvalue weighted by molar-refractivity contribution is 8.01. The van der Waals surface area contributed by atoms with E-state index in [-0.39, 0.29) is 17.7 Å². The van der Waals surface area contributed by atoms with Crippen molar-refractivity contribution in [2.45, 2.75) is 21.6 Å². The number of nitrogens with one attached hydrogen (secondary N) is 1. The van der Waals surface area contributed by atoms with Crippen molar-refractivity contribution >= 4 is 34.7 Å². The highest BCUT2D eigenvalue weighted by atomic mass is 32.2. The first-order valence-electron chi connectivity index (χ1n) is 7.18. The maximum Gasteiger partial charge on any atom is 0.228 e. The Balaban J connectivity index is 1.46. The molecule has 1 aliphatic carbocycles. The van der Waals surface area contributed by atoms with E-state index in [4.69, 9.17) is 4.42 Å². The average Bonchev–Trinajstić information content (AvgIpc) is 2.97.